The second-order valence-electron chi connectivity index (χ2n) is 6.68. The fraction of sp³-hybridized carbons (Fsp3) is 0.250. The summed E-state index contributed by atoms with van der Waals surface area (Å²) in [5.74, 6) is 0.611. The largest absolute Gasteiger partial charge is 0.465 e. The van der Waals surface area contributed by atoms with Crippen molar-refractivity contribution < 1.29 is 9.90 Å². The van der Waals surface area contributed by atoms with E-state index < -0.39 is 12.1 Å². The van der Waals surface area contributed by atoms with Gasteiger partial charge in [-0.2, -0.15) is 0 Å². The third-order valence-corrected chi connectivity index (χ3v) is 4.80. The lowest BCUT2D eigenvalue weighted by Gasteiger charge is -2.21. The van der Waals surface area contributed by atoms with Crippen LogP contribution in [0.4, 0.5) is 4.79 Å². The lowest BCUT2D eigenvalue weighted by atomic mass is 10.1. The first-order valence-electron chi connectivity index (χ1n) is 8.63. The second-order valence-corrected chi connectivity index (χ2v) is 6.68. The van der Waals surface area contributed by atoms with Crippen molar-refractivity contribution in [2.45, 2.75) is 25.8 Å². The molecule has 26 heavy (non-hydrogen) atoms. The number of carbonyl (C=O) groups is 1. The number of fused-ring (bicyclic) bond motifs is 1. The molecule has 1 amide bonds. The molecule has 2 N–H and O–H groups in total. The number of aryl methyl sites for hydroxylation is 1. The van der Waals surface area contributed by atoms with Crippen molar-refractivity contribution >= 4 is 17.0 Å². The number of amides is 1. The molecule has 1 aromatic heterocycles. The Morgan fingerprint density at radius 2 is 1.92 bits per heavy atom. The van der Waals surface area contributed by atoms with Crippen LogP contribution in [0.1, 0.15) is 30.3 Å². The molecule has 1 aliphatic carbocycles. The summed E-state index contributed by atoms with van der Waals surface area (Å²) in [5.41, 5.74) is 1.95. The zero-order valence-electron chi connectivity index (χ0n) is 14.3. The summed E-state index contributed by atoms with van der Waals surface area (Å²) in [4.78, 5) is 29.4. The smallest absolute Gasteiger partial charge is 0.405 e. The van der Waals surface area contributed by atoms with Crippen LogP contribution in [0.5, 0.6) is 0 Å². The van der Waals surface area contributed by atoms with Gasteiger partial charge in [0.25, 0.3) is 5.56 Å². The van der Waals surface area contributed by atoms with Crippen LogP contribution in [0.3, 0.4) is 0 Å². The highest BCUT2D eigenvalue weighted by molar-refractivity contribution is 5.81. The quantitative estimate of drug-likeness (QED) is 0.756. The summed E-state index contributed by atoms with van der Waals surface area (Å²) < 4.78 is 1.55. The fourth-order valence-corrected chi connectivity index (χ4v) is 3.40. The minimum atomic E-state index is -1.11. The standard InChI is InChI=1S/C20H19N3O3/c1-12-6-5-9-15-16(12)19(24)23(14-7-3-2-4-8-14)18(21-15)17(13-10-11-13)22-20(25)26/h2-9,13,17,22H,10-11H2,1H3,(H,25,26). The Labute approximate surface area is 150 Å². The topological polar surface area (TPSA) is 84.2 Å². The summed E-state index contributed by atoms with van der Waals surface area (Å²) in [6, 6.07) is 14.3. The molecule has 1 heterocycles. The van der Waals surface area contributed by atoms with Gasteiger partial charge in [0.05, 0.1) is 22.6 Å². The molecule has 1 unspecified atom stereocenters. The van der Waals surface area contributed by atoms with Gasteiger partial charge in [0.2, 0.25) is 0 Å². The zero-order valence-corrected chi connectivity index (χ0v) is 14.3. The molecule has 1 saturated carbocycles. The highest BCUT2D eigenvalue weighted by Crippen LogP contribution is 2.41. The van der Waals surface area contributed by atoms with Gasteiger partial charge in [-0.05, 0) is 49.4 Å². The van der Waals surface area contributed by atoms with E-state index in [2.05, 4.69) is 5.32 Å². The van der Waals surface area contributed by atoms with Crippen LogP contribution in [0.2, 0.25) is 0 Å². The maximum atomic E-state index is 13.4. The molecule has 0 bridgehead atoms. The summed E-state index contributed by atoms with van der Waals surface area (Å²) in [7, 11) is 0. The van der Waals surface area contributed by atoms with Gasteiger partial charge in [-0.25, -0.2) is 9.78 Å². The van der Waals surface area contributed by atoms with Crippen LogP contribution in [0.15, 0.2) is 53.3 Å². The molecule has 6 heteroatoms. The summed E-state index contributed by atoms with van der Waals surface area (Å²) >= 11 is 0. The van der Waals surface area contributed by atoms with Gasteiger partial charge in [0, 0.05) is 0 Å². The van der Waals surface area contributed by atoms with E-state index in [1.807, 2.05) is 49.4 Å². The van der Waals surface area contributed by atoms with Gasteiger partial charge in [0.15, 0.2) is 0 Å². The van der Waals surface area contributed by atoms with Gasteiger partial charge in [-0.15, -0.1) is 0 Å². The first kappa shape index (κ1) is 16.3. The number of benzene rings is 2. The van der Waals surface area contributed by atoms with E-state index in [9.17, 15) is 14.7 Å². The lowest BCUT2D eigenvalue weighted by molar-refractivity contribution is 0.187. The normalized spacial score (nSPS) is 15.0. The molecule has 4 rings (SSSR count). The Balaban J connectivity index is 2.04. The molecule has 0 aliphatic heterocycles. The number of hydrogen-bond donors (Lipinski definition) is 2. The average Bonchev–Trinajstić information content (AvgIpc) is 3.45. The molecule has 0 spiro atoms. The van der Waals surface area contributed by atoms with Crippen LogP contribution in [-0.2, 0) is 0 Å². The van der Waals surface area contributed by atoms with Crippen molar-refractivity contribution in [2.75, 3.05) is 0 Å². The molecular formula is C20H19N3O3. The molecule has 0 saturated heterocycles. The second kappa shape index (κ2) is 6.29. The highest BCUT2D eigenvalue weighted by Gasteiger charge is 2.37. The van der Waals surface area contributed by atoms with E-state index in [1.54, 1.807) is 10.6 Å². The van der Waals surface area contributed by atoms with Crippen LogP contribution in [0, 0.1) is 12.8 Å². The van der Waals surface area contributed by atoms with Crippen LogP contribution < -0.4 is 10.9 Å². The van der Waals surface area contributed by atoms with E-state index in [1.165, 1.54) is 0 Å². The van der Waals surface area contributed by atoms with Crippen LogP contribution >= 0.6 is 0 Å². The number of nitrogens with zero attached hydrogens (tertiary/aromatic N) is 2. The number of hydrogen-bond acceptors (Lipinski definition) is 3. The molecule has 0 radical (unpaired) electrons. The van der Waals surface area contributed by atoms with Crippen molar-refractivity contribution in [2.24, 2.45) is 5.92 Å². The van der Waals surface area contributed by atoms with Crippen molar-refractivity contribution in [3.05, 3.63) is 70.3 Å². The molecule has 2 aromatic carbocycles. The number of nitrogens with one attached hydrogen (secondary N) is 1. The number of aromatic nitrogens is 2. The maximum absolute atomic E-state index is 13.4. The number of rotatable bonds is 4. The summed E-state index contributed by atoms with van der Waals surface area (Å²) in [5, 5.41) is 12.4. The Morgan fingerprint density at radius 3 is 2.58 bits per heavy atom. The summed E-state index contributed by atoms with van der Waals surface area (Å²) in [6.07, 6.45) is 0.725. The first-order valence-corrected chi connectivity index (χ1v) is 8.63. The van der Waals surface area contributed by atoms with Gasteiger partial charge in [-0.1, -0.05) is 30.3 Å². The molecule has 3 aromatic rings. The predicted molar refractivity (Wildman–Crippen MR) is 98.7 cm³/mol. The maximum Gasteiger partial charge on any atom is 0.405 e. The lowest BCUT2D eigenvalue weighted by Crippen LogP contribution is -2.35. The Bertz CT molecular complexity index is 1040. The minimum Gasteiger partial charge on any atom is -0.465 e. The molecule has 1 aliphatic rings. The van der Waals surface area contributed by atoms with Gasteiger partial charge in [0.1, 0.15) is 5.82 Å². The van der Waals surface area contributed by atoms with Crippen LogP contribution in [0.25, 0.3) is 16.6 Å². The van der Waals surface area contributed by atoms with Crippen molar-refractivity contribution in [3.63, 3.8) is 0 Å². The highest BCUT2D eigenvalue weighted by atomic mass is 16.4. The Morgan fingerprint density at radius 1 is 1.19 bits per heavy atom. The van der Waals surface area contributed by atoms with Crippen molar-refractivity contribution in [3.8, 4) is 5.69 Å². The predicted octanol–water partition coefficient (Wildman–Crippen LogP) is 3.41. The van der Waals surface area contributed by atoms with Gasteiger partial charge >= 0.3 is 6.09 Å². The number of carboxylic acid groups (broad SMARTS) is 1. The van der Waals surface area contributed by atoms with E-state index in [4.69, 9.17) is 4.98 Å². The first-order chi connectivity index (χ1) is 12.6. The molecule has 132 valence electrons. The average molecular weight is 349 g/mol. The van der Waals surface area contributed by atoms with E-state index in [0.717, 1.165) is 18.4 Å². The van der Waals surface area contributed by atoms with E-state index >= 15 is 0 Å². The zero-order chi connectivity index (χ0) is 18.3. The van der Waals surface area contributed by atoms with Crippen molar-refractivity contribution in [1.82, 2.24) is 14.9 Å². The summed E-state index contributed by atoms with van der Waals surface area (Å²) in [6.45, 7) is 1.88. The SMILES string of the molecule is Cc1cccc2nc(C(NC(=O)O)C3CC3)n(-c3ccccc3)c(=O)c12. The molecule has 1 fully saturated rings. The van der Waals surface area contributed by atoms with Gasteiger partial charge < -0.3 is 10.4 Å². The van der Waals surface area contributed by atoms with Gasteiger partial charge in [-0.3, -0.25) is 9.36 Å². The molecule has 1 atom stereocenters. The van der Waals surface area contributed by atoms with E-state index in [-0.39, 0.29) is 11.5 Å². The third kappa shape index (κ3) is 2.83. The number of para-hydroxylation sites is 1. The van der Waals surface area contributed by atoms with E-state index in [0.29, 0.717) is 22.4 Å². The van der Waals surface area contributed by atoms with Crippen LogP contribution in [-0.4, -0.2) is 20.8 Å². The Hall–Kier alpha value is -3.15. The Kier molecular flexibility index (Phi) is 3.95. The minimum absolute atomic E-state index is 0.162. The molecule has 6 nitrogen and oxygen atoms in total. The monoisotopic (exact) mass is 349 g/mol. The molecular weight excluding hydrogens is 330 g/mol. The van der Waals surface area contributed by atoms with Crippen molar-refractivity contribution in [1.29, 1.82) is 0 Å². The third-order valence-electron chi connectivity index (χ3n) is 4.80. The fourth-order valence-electron chi connectivity index (χ4n) is 3.40.